The van der Waals surface area contributed by atoms with Crippen LogP contribution in [-0.4, -0.2) is 56.3 Å². The van der Waals surface area contributed by atoms with Crippen LogP contribution in [0.4, 0.5) is 0 Å². The average molecular weight is 367 g/mol. The Hall–Kier alpha value is -0.990. The van der Waals surface area contributed by atoms with E-state index in [0.717, 1.165) is 19.5 Å². The number of rotatable bonds is 7. The molecule has 2 aliphatic heterocycles. The standard InChI is InChI=1S/C18H30N4O2S/c1-14-18(15(2)21-20-14)25(23,24)19-13-17(22-10-6-7-11-22)12-16-8-4-3-5-9-16/h3-5,8-9,14-15,17-21H,6-7,10-13H2,1-2H3. The van der Waals surface area contributed by atoms with Crippen molar-refractivity contribution in [3.8, 4) is 0 Å². The zero-order chi connectivity index (χ0) is 17.9. The normalized spacial score (nSPS) is 29.1. The number of sulfonamides is 1. The summed E-state index contributed by atoms with van der Waals surface area (Å²) in [5, 5.41) is -0.455. The van der Waals surface area contributed by atoms with Crippen LogP contribution in [0.25, 0.3) is 0 Å². The zero-order valence-electron chi connectivity index (χ0n) is 15.1. The monoisotopic (exact) mass is 366 g/mol. The fourth-order valence-corrected chi connectivity index (χ4v) is 5.86. The molecule has 0 spiro atoms. The first-order chi connectivity index (χ1) is 12.0. The molecule has 1 aromatic carbocycles. The Bertz CT molecular complexity index is 636. The number of nitrogens with one attached hydrogen (secondary N) is 3. The van der Waals surface area contributed by atoms with Crippen molar-refractivity contribution in [3.05, 3.63) is 35.9 Å². The molecule has 25 heavy (non-hydrogen) atoms. The smallest absolute Gasteiger partial charge is 0.217 e. The molecule has 0 bridgehead atoms. The Morgan fingerprint density at radius 3 is 2.32 bits per heavy atom. The van der Waals surface area contributed by atoms with Crippen molar-refractivity contribution >= 4 is 10.0 Å². The van der Waals surface area contributed by atoms with E-state index in [1.54, 1.807) is 0 Å². The molecule has 6 nitrogen and oxygen atoms in total. The third-order valence-corrected chi connectivity index (χ3v) is 7.48. The van der Waals surface area contributed by atoms with Gasteiger partial charge in [0.1, 0.15) is 5.25 Å². The van der Waals surface area contributed by atoms with E-state index in [9.17, 15) is 8.42 Å². The molecule has 2 saturated heterocycles. The Balaban J connectivity index is 1.67. The summed E-state index contributed by atoms with van der Waals surface area (Å²) >= 11 is 0. The second kappa shape index (κ2) is 8.14. The molecule has 1 aromatic rings. The molecule has 0 saturated carbocycles. The van der Waals surface area contributed by atoms with Gasteiger partial charge < -0.3 is 0 Å². The molecule has 3 rings (SSSR count). The van der Waals surface area contributed by atoms with Gasteiger partial charge in [0.2, 0.25) is 10.0 Å². The molecule has 3 unspecified atom stereocenters. The summed E-state index contributed by atoms with van der Waals surface area (Å²) in [4.78, 5) is 2.42. The van der Waals surface area contributed by atoms with E-state index in [2.05, 4.69) is 32.6 Å². The maximum absolute atomic E-state index is 12.8. The fraction of sp³-hybridized carbons (Fsp3) is 0.667. The summed E-state index contributed by atoms with van der Waals surface area (Å²) in [6, 6.07) is 10.3. The van der Waals surface area contributed by atoms with Crippen molar-refractivity contribution in [2.75, 3.05) is 19.6 Å². The van der Waals surface area contributed by atoms with Gasteiger partial charge in [0.25, 0.3) is 0 Å². The maximum atomic E-state index is 12.8. The van der Waals surface area contributed by atoms with Gasteiger partial charge in [-0.2, -0.15) is 0 Å². The first kappa shape index (κ1) is 18.8. The SMILES string of the molecule is CC1NNC(C)C1S(=O)(=O)NCC(Cc1ccccc1)N1CCCC1. The third kappa shape index (κ3) is 4.60. The van der Waals surface area contributed by atoms with E-state index in [4.69, 9.17) is 0 Å². The van der Waals surface area contributed by atoms with Crippen LogP contribution < -0.4 is 15.6 Å². The van der Waals surface area contributed by atoms with Crippen LogP contribution in [-0.2, 0) is 16.4 Å². The largest absolute Gasteiger partial charge is 0.299 e. The van der Waals surface area contributed by atoms with Gasteiger partial charge >= 0.3 is 0 Å². The molecule has 0 aliphatic carbocycles. The molecule has 0 radical (unpaired) electrons. The van der Waals surface area contributed by atoms with Gasteiger partial charge in [0, 0.05) is 24.7 Å². The lowest BCUT2D eigenvalue weighted by molar-refractivity contribution is 0.241. The quantitative estimate of drug-likeness (QED) is 0.668. The van der Waals surface area contributed by atoms with E-state index in [-0.39, 0.29) is 18.1 Å². The lowest BCUT2D eigenvalue weighted by Crippen LogP contribution is -2.49. The minimum absolute atomic E-state index is 0.105. The number of benzene rings is 1. The molecule has 3 N–H and O–H groups in total. The van der Waals surface area contributed by atoms with E-state index in [0.29, 0.717) is 6.54 Å². The van der Waals surface area contributed by atoms with E-state index < -0.39 is 15.3 Å². The lowest BCUT2D eigenvalue weighted by Gasteiger charge is -2.29. The van der Waals surface area contributed by atoms with Crippen molar-refractivity contribution in [2.45, 2.75) is 56.5 Å². The molecule has 3 atom stereocenters. The van der Waals surface area contributed by atoms with Gasteiger partial charge in [-0.1, -0.05) is 30.3 Å². The summed E-state index contributed by atoms with van der Waals surface area (Å²) in [5.74, 6) is 0. The van der Waals surface area contributed by atoms with Crippen LogP contribution in [0.15, 0.2) is 30.3 Å². The van der Waals surface area contributed by atoms with Crippen molar-refractivity contribution < 1.29 is 8.42 Å². The maximum Gasteiger partial charge on any atom is 0.217 e. The van der Waals surface area contributed by atoms with Crippen LogP contribution >= 0.6 is 0 Å². The lowest BCUT2D eigenvalue weighted by atomic mass is 10.1. The Morgan fingerprint density at radius 2 is 1.72 bits per heavy atom. The summed E-state index contributed by atoms with van der Waals surface area (Å²) in [6.45, 7) is 6.38. The third-order valence-electron chi connectivity index (χ3n) is 5.37. The molecule has 0 amide bonds. The van der Waals surface area contributed by atoms with Crippen LogP contribution in [0.1, 0.15) is 32.3 Å². The van der Waals surface area contributed by atoms with E-state index >= 15 is 0 Å². The van der Waals surface area contributed by atoms with Gasteiger partial charge in [0.15, 0.2) is 0 Å². The number of likely N-dealkylation sites (tertiary alicyclic amines) is 1. The molecular formula is C18H30N4O2S. The van der Waals surface area contributed by atoms with Crippen LogP contribution in [0, 0.1) is 0 Å². The number of nitrogens with zero attached hydrogens (tertiary/aromatic N) is 1. The number of hydrogen-bond acceptors (Lipinski definition) is 5. The van der Waals surface area contributed by atoms with Crippen molar-refractivity contribution in [1.82, 2.24) is 20.5 Å². The molecule has 0 aromatic heterocycles. The van der Waals surface area contributed by atoms with Crippen LogP contribution in [0.3, 0.4) is 0 Å². The topological polar surface area (TPSA) is 73.5 Å². The second-order valence-electron chi connectivity index (χ2n) is 7.31. The average Bonchev–Trinajstić information content (AvgIpc) is 3.23. The van der Waals surface area contributed by atoms with Crippen molar-refractivity contribution in [1.29, 1.82) is 0 Å². The number of hydrazine groups is 1. The van der Waals surface area contributed by atoms with E-state index in [1.807, 2.05) is 32.0 Å². The highest BCUT2D eigenvalue weighted by molar-refractivity contribution is 7.90. The van der Waals surface area contributed by atoms with Crippen molar-refractivity contribution in [3.63, 3.8) is 0 Å². The Labute approximate surface area is 151 Å². The highest BCUT2D eigenvalue weighted by atomic mass is 32.2. The molecule has 2 aliphatic rings. The summed E-state index contributed by atoms with van der Waals surface area (Å²) in [7, 11) is -3.38. The van der Waals surface area contributed by atoms with Crippen molar-refractivity contribution in [2.24, 2.45) is 0 Å². The van der Waals surface area contributed by atoms with E-state index in [1.165, 1.54) is 18.4 Å². The molecule has 7 heteroatoms. The first-order valence-corrected chi connectivity index (χ1v) is 10.8. The van der Waals surface area contributed by atoms with Gasteiger partial charge in [-0.15, -0.1) is 0 Å². The highest BCUT2D eigenvalue weighted by Gasteiger charge is 2.40. The van der Waals surface area contributed by atoms with Gasteiger partial charge in [-0.3, -0.25) is 15.8 Å². The summed E-state index contributed by atoms with van der Waals surface area (Å²) < 4.78 is 28.5. The summed E-state index contributed by atoms with van der Waals surface area (Å²) in [5.41, 5.74) is 7.31. The predicted molar refractivity (Wildman–Crippen MR) is 101 cm³/mol. The zero-order valence-corrected chi connectivity index (χ0v) is 15.9. The molecular weight excluding hydrogens is 336 g/mol. The first-order valence-electron chi connectivity index (χ1n) is 9.25. The minimum atomic E-state index is -3.38. The predicted octanol–water partition coefficient (Wildman–Crippen LogP) is 0.866. The highest BCUT2D eigenvalue weighted by Crippen LogP contribution is 2.18. The Morgan fingerprint density at radius 1 is 1.12 bits per heavy atom. The van der Waals surface area contributed by atoms with Crippen LogP contribution in [0.2, 0.25) is 0 Å². The van der Waals surface area contributed by atoms with Gasteiger partial charge in [-0.25, -0.2) is 13.1 Å². The van der Waals surface area contributed by atoms with Crippen LogP contribution in [0.5, 0.6) is 0 Å². The molecule has 2 fully saturated rings. The van der Waals surface area contributed by atoms with Gasteiger partial charge in [-0.05, 0) is 51.8 Å². The molecule has 2 heterocycles. The molecule has 140 valence electrons. The minimum Gasteiger partial charge on any atom is -0.299 e. The number of hydrogen-bond donors (Lipinski definition) is 3. The Kier molecular flexibility index (Phi) is 6.12. The fourth-order valence-electron chi connectivity index (χ4n) is 4.03. The second-order valence-corrected chi connectivity index (χ2v) is 9.23. The summed E-state index contributed by atoms with van der Waals surface area (Å²) in [6.07, 6.45) is 3.26. The van der Waals surface area contributed by atoms with Gasteiger partial charge in [0.05, 0.1) is 0 Å².